The molecule has 4 rings (SSSR count). The third-order valence-electron chi connectivity index (χ3n) is 5.67. The molecule has 3 aliphatic rings. The topological polar surface area (TPSA) is 75.3 Å². The lowest BCUT2D eigenvalue weighted by molar-refractivity contribution is -0.120. The van der Waals surface area contributed by atoms with Crippen LogP contribution in [0.25, 0.3) is 0 Å². The predicted octanol–water partition coefficient (Wildman–Crippen LogP) is 2.54. The van der Waals surface area contributed by atoms with Gasteiger partial charge in [-0.15, -0.1) is 0 Å². The van der Waals surface area contributed by atoms with Crippen LogP contribution in [-0.2, 0) is 14.8 Å². The Morgan fingerprint density at radius 2 is 1.92 bits per heavy atom. The highest BCUT2D eigenvalue weighted by Gasteiger charge is 2.65. The van der Waals surface area contributed by atoms with Gasteiger partial charge in [-0.2, -0.15) is 0 Å². The maximum absolute atomic E-state index is 12.3. The Bertz CT molecular complexity index is 785. The number of carbonyl (C=O) groups excluding carboxylic acids is 1. The second-order valence-corrected chi connectivity index (χ2v) is 10.0. The summed E-state index contributed by atoms with van der Waals surface area (Å²) in [6, 6.07) is 4.78. The number of fused-ring (bicyclic) bond motifs is 5. The van der Waals surface area contributed by atoms with Crippen LogP contribution in [0.3, 0.4) is 0 Å². The summed E-state index contributed by atoms with van der Waals surface area (Å²) in [6.07, 6.45) is 3.89. The lowest BCUT2D eigenvalue weighted by Crippen LogP contribution is -2.39. The second kappa shape index (κ2) is 5.97. The summed E-state index contributed by atoms with van der Waals surface area (Å²) >= 11 is 9.21. The van der Waals surface area contributed by atoms with Gasteiger partial charge in [0, 0.05) is 10.5 Å². The van der Waals surface area contributed by atoms with E-state index >= 15 is 0 Å². The van der Waals surface area contributed by atoms with Crippen molar-refractivity contribution in [2.45, 2.75) is 30.2 Å². The zero-order chi connectivity index (χ0) is 17.1. The maximum Gasteiger partial charge on any atom is 0.242 e. The summed E-state index contributed by atoms with van der Waals surface area (Å²) in [4.78, 5) is 12.1. The number of nitrogens with one attached hydrogen (secondary N) is 2. The highest BCUT2D eigenvalue weighted by molar-refractivity contribution is 9.10. The Morgan fingerprint density at radius 3 is 2.54 bits per heavy atom. The van der Waals surface area contributed by atoms with Gasteiger partial charge in [-0.05, 0) is 61.1 Å². The van der Waals surface area contributed by atoms with E-state index in [1.54, 1.807) is 6.07 Å². The van der Waals surface area contributed by atoms with Crippen LogP contribution >= 0.6 is 27.5 Å². The first-order valence-corrected chi connectivity index (χ1v) is 10.8. The molecule has 3 aliphatic carbocycles. The molecule has 1 amide bonds. The van der Waals surface area contributed by atoms with Crippen molar-refractivity contribution in [3.8, 4) is 0 Å². The molecule has 2 bridgehead atoms. The number of carbonyl (C=O) groups is 1. The van der Waals surface area contributed by atoms with E-state index in [-0.39, 0.29) is 28.4 Å². The highest BCUT2D eigenvalue weighted by atomic mass is 79.9. The molecule has 0 saturated heterocycles. The van der Waals surface area contributed by atoms with Crippen LogP contribution in [0.15, 0.2) is 27.6 Å². The first-order valence-electron chi connectivity index (χ1n) is 8.11. The van der Waals surface area contributed by atoms with E-state index in [0.717, 1.165) is 11.8 Å². The van der Waals surface area contributed by atoms with Crippen molar-refractivity contribution in [1.29, 1.82) is 0 Å². The summed E-state index contributed by atoms with van der Waals surface area (Å²) in [6.45, 7) is -0.264. The second-order valence-electron chi connectivity index (χ2n) is 6.98. The van der Waals surface area contributed by atoms with E-state index in [4.69, 9.17) is 11.6 Å². The van der Waals surface area contributed by atoms with E-state index in [2.05, 4.69) is 26.0 Å². The quantitative estimate of drug-likeness (QED) is 0.749. The minimum absolute atomic E-state index is 0.0264. The van der Waals surface area contributed by atoms with Crippen LogP contribution in [0, 0.1) is 23.7 Å². The molecule has 0 spiro atoms. The lowest BCUT2D eigenvalue weighted by Gasteiger charge is -2.12. The Hall–Kier alpha value is -0.630. The van der Waals surface area contributed by atoms with Gasteiger partial charge in [-0.25, -0.2) is 13.1 Å². The highest BCUT2D eigenvalue weighted by Crippen LogP contribution is 2.65. The molecule has 0 aliphatic heterocycles. The van der Waals surface area contributed by atoms with Crippen LogP contribution in [0.5, 0.6) is 0 Å². The average Bonchev–Trinajstić information content (AvgIpc) is 2.90. The van der Waals surface area contributed by atoms with Crippen LogP contribution in [0.1, 0.15) is 19.3 Å². The van der Waals surface area contributed by atoms with Crippen LogP contribution in [0.2, 0.25) is 5.02 Å². The predicted molar refractivity (Wildman–Crippen MR) is 94.1 cm³/mol. The van der Waals surface area contributed by atoms with Crippen LogP contribution in [-0.4, -0.2) is 26.9 Å². The molecule has 5 nitrogen and oxygen atoms in total. The van der Waals surface area contributed by atoms with Gasteiger partial charge in [-0.1, -0.05) is 27.5 Å². The van der Waals surface area contributed by atoms with E-state index in [0.29, 0.717) is 16.3 Å². The number of amides is 1. The summed E-state index contributed by atoms with van der Waals surface area (Å²) in [5.74, 6) is 2.52. The van der Waals surface area contributed by atoms with E-state index in [9.17, 15) is 13.2 Å². The zero-order valence-electron chi connectivity index (χ0n) is 12.8. The molecule has 0 aromatic heterocycles. The van der Waals surface area contributed by atoms with Crippen LogP contribution in [0.4, 0.5) is 0 Å². The van der Waals surface area contributed by atoms with Crippen molar-refractivity contribution in [1.82, 2.24) is 10.0 Å². The Kier molecular flexibility index (Phi) is 4.18. The smallest absolute Gasteiger partial charge is 0.242 e. The van der Waals surface area contributed by atoms with Crippen molar-refractivity contribution >= 4 is 43.5 Å². The minimum atomic E-state index is -3.81. The SMILES string of the molecule is O=C(CNS(=O)(=O)c1ccc(Br)cc1Cl)NC1[C@@H]2[C@H]3CC[C@@H](C3)[C@H]12. The van der Waals surface area contributed by atoms with Crippen molar-refractivity contribution in [3.05, 3.63) is 27.7 Å². The summed E-state index contributed by atoms with van der Waals surface area (Å²) in [7, 11) is -3.81. The van der Waals surface area contributed by atoms with Crippen molar-refractivity contribution in [3.63, 3.8) is 0 Å². The van der Waals surface area contributed by atoms with Crippen molar-refractivity contribution in [2.24, 2.45) is 23.7 Å². The fraction of sp³-hybridized carbons (Fsp3) is 0.562. The number of hydrogen-bond donors (Lipinski definition) is 2. The van der Waals surface area contributed by atoms with Gasteiger partial charge in [0.1, 0.15) is 4.90 Å². The monoisotopic (exact) mass is 432 g/mol. The van der Waals surface area contributed by atoms with Gasteiger partial charge >= 0.3 is 0 Å². The largest absolute Gasteiger partial charge is 0.352 e. The molecule has 2 N–H and O–H groups in total. The van der Waals surface area contributed by atoms with Crippen molar-refractivity contribution in [2.75, 3.05) is 6.54 Å². The molecule has 8 heteroatoms. The van der Waals surface area contributed by atoms with E-state index in [1.165, 1.54) is 31.4 Å². The number of hydrogen-bond acceptors (Lipinski definition) is 3. The van der Waals surface area contributed by atoms with Crippen LogP contribution < -0.4 is 10.0 Å². The number of sulfonamides is 1. The third kappa shape index (κ3) is 2.89. The minimum Gasteiger partial charge on any atom is -0.352 e. The summed E-state index contributed by atoms with van der Waals surface area (Å²) < 4.78 is 27.6. The van der Waals surface area contributed by atoms with Gasteiger partial charge in [0.05, 0.1) is 11.6 Å². The van der Waals surface area contributed by atoms with Gasteiger partial charge in [0.25, 0.3) is 0 Å². The molecule has 130 valence electrons. The molecule has 1 aromatic carbocycles. The number of halogens is 2. The average molecular weight is 434 g/mol. The first-order chi connectivity index (χ1) is 11.4. The zero-order valence-corrected chi connectivity index (χ0v) is 16.0. The lowest BCUT2D eigenvalue weighted by atomic mass is 10.0. The van der Waals surface area contributed by atoms with Gasteiger partial charge in [0.2, 0.25) is 15.9 Å². The molecule has 1 aromatic rings. The molecule has 3 fully saturated rings. The fourth-order valence-electron chi connectivity index (χ4n) is 4.69. The molecule has 1 unspecified atom stereocenters. The molecule has 0 radical (unpaired) electrons. The molecule has 24 heavy (non-hydrogen) atoms. The Balaban J connectivity index is 1.34. The Morgan fingerprint density at radius 1 is 1.25 bits per heavy atom. The molecular weight excluding hydrogens is 416 g/mol. The molecule has 0 heterocycles. The third-order valence-corrected chi connectivity index (χ3v) is 8.05. The number of benzene rings is 1. The summed E-state index contributed by atoms with van der Waals surface area (Å²) in [5, 5.41) is 3.11. The maximum atomic E-state index is 12.3. The van der Waals surface area contributed by atoms with Crippen molar-refractivity contribution < 1.29 is 13.2 Å². The summed E-state index contributed by atoms with van der Waals surface area (Å²) in [5.41, 5.74) is 0. The fourth-order valence-corrected chi connectivity index (χ4v) is 6.70. The van der Waals surface area contributed by atoms with Gasteiger partial charge < -0.3 is 5.32 Å². The van der Waals surface area contributed by atoms with Gasteiger partial charge in [0.15, 0.2) is 0 Å². The Labute approximate surface area is 154 Å². The van der Waals surface area contributed by atoms with E-state index < -0.39 is 10.0 Å². The molecule has 3 saturated carbocycles. The first kappa shape index (κ1) is 16.8. The normalized spacial score (nSPS) is 33.3. The molecule has 5 atom stereocenters. The molecular formula is C16H18BrClN2O3S. The number of rotatable bonds is 5. The van der Waals surface area contributed by atoms with E-state index in [1.807, 2.05) is 0 Å². The van der Waals surface area contributed by atoms with Gasteiger partial charge in [-0.3, -0.25) is 4.79 Å². The standard InChI is InChI=1S/C16H18BrClN2O3S/c17-10-3-4-12(11(18)6-10)24(22,23)19-7-13(21)20-16-14-8-1-2-9(5-8)15(14)16/h3-4,6,8-9,14-16,19H,1-2,5,7H2,(H,20,21)/t8-,9-,14-,15+,16?/m0/s1.